The van der Waals surface area contributed by atoms with Crippen LogP contribution in [-0.4, -0.2) is 10.2 Å². The number of hydrogen-bond acceptors (Lipinski definition) is 3. The number of rotatable bonds is 0. The summed E-state index contributed by atoms with van der Waals surface area (Å²) in [7, 11) is 0. The van der Waals surface area contributed by atoms with Gasteiger partial charge in [0.25, 0.3) is 0 Å². The summed E-state index contributed by atoms with van der Waals surface area (Å²) in [6.45, 7) is 2.01. The van der Waals surface area contributed by atoms with E-state index in [2.05, 4.69) is 10.2 Å². The van der Waals surface area contributed by atoms with Crippen molar-refractivity contribution >= 4 is 5.82 Å². The lowest BCUT2D eigenvalue weighted by atomic mass is 9.91. The van der Waals surface area contributed by atoms with Crippen molar-refractivity contribution in [1.82, 2.24) is 10.2 Å². The van der Waals surface area contributed by atoms with Crippen molar-refractivity contribution in [2.24, 2.45) is 0 Å². The van der Waals surface area contributed by atoms with E-state index in [-0.39, 0.29) is 0 Å². The summed E-state index contributed by atoms with van der Waals surface area (Å²) in [5.41, 5.74) is 9.38. The Hall–Kier alpha value is -1.12. The van der Waals surface area contributed by atoms with Gasteiger partial charge in [0.1, 0.15) is 5.82 Å². The third kappa shape index (κ3) is 1.05. The van der Waals surface area contributed by atoms with Crippen molar-refractivity contribution in [3.63, 3.8) is 0 Å². The zero-order valence-electron chi connectivity index (χ0n) is 7.30. The highest BCUT2D eigenvalue weighted by molar-refractivity contribution is 5.46. The number of nitrogens with zero attached hydrogens (tertiary/aromatic N) is 2. The summed E-state index contributed by atoms with van der Waals surface area (Å²) in [5.74, 6) is 0.635. The van der Waals surface area contributed by atoms with Crippen molar-refractivity contribution in [2.75, 3.05) is 5.73 Å². The van der Waals surface area contributed by atoms with Crippen LogP contribution in [0, 0.1) is 6.92 Å². The highest BCUT2D eigenvalue weighted by atomic mass is 15.1. The minimum absolute atomic E-state index is 0.635. The number of anilines is 1. The molecule has 2 rings (SSSR count). The normalized spacial score (nSPS) is 15.8. The fourth-order valence-electron chi connectivity index (χ4n) is 1.84. The molecule has 1 heterocycles. The molecule has 0 aromatic carbocycles. The lowest BCUT2D eigenvalue weighted by Crippen LogP contribution is -2.11. The molecule has 1 aliphatic rings. The molecule has 12 heavy (non-hydrogen) atoms. The fourth-order valence-corrected chi connectivity index (χ4v) is 1.84. The smallest absolute Gasteiger partial charge is 0.149 e. The van der Waals surface area contributed by atoms with Gasteiger partial charge >= 0.3 is 0 Å². The minimum atomic E-state index is 0.635. The van der Waals surface area contributed by atoms with E-state index in [4.69, 9.17) is 5.73 Å². The van der Waals surface area contributed by atoms with Gasteiger partial charge in [0.2, 0.25) is 0 Å². The molecule has 0 amide bonds. The summed E-state index contributed by atoms with van der Waals surface area (Å²) in [6, 6.07) is 0. The molecule has 0 bridgehead atoms. The van der Waals surface area contributed by atoms with Gasteiger partial charge in [0.05, 0.1) is 5.69 Å². The van der Waals surface area contributed by atoms with Crippen molar-refractivity contribution in [3.8, 4) is 0 Å². The molecule has 1 aromatic rings. The second kappa shape index (κ2) is 2.73. The molecule has 0 atom stereocenters. The third-order valence-electron chi connectivity index (χ3n) is 2.52. The van der Waals surface area contributed by atoms with E-state index in [0.29, 0.717) is 5.82 Å². The maximum Gasteiger partial charge on any atom is 0.149 e. The number of nitrogen functional groups attached to an aromatic ring is 1. The standard InChI is InChI=1S/C9H13N3/c1-6-7-4-2-3-5-8(7)9(10)12-11-6/h2-5H2,1H3,(H2,10,12). The molecule has 3 heteroatoms. The van der Waals surface area contributed by atoms with Crippen LogP contribution in [-0.2, 0) is 12.8 Å². The number of aromatic nitrogens is 2. The highest BCUT2D eigenvalue weighted by Crippen LogP contribution is 2.25. The van der Waals surface area contributed by atoms with E-state index < -0.39 is 0 Å². The molecule has 3 nitrogen and oxygen atoms in total. The third-order valence-corrected chi connectivity index (χ3v) is 2.52. The average Bonchev–Trinajstić information content (AvgIpc) is 2.12. The van der Waals surface area contributed by atoms with Crippen LogP contribution in [0.3, 0.4) is 0 Å². The Labute approximate surface area is 72.0 Å². The lowest BCUT2D eigenvalue weighted by molar-refractivity contribution is 0.670. The van der Waals surface area contributed by atoms with E-state index in [1.165, 1.54) is 24.0 Å². The Kier molecular flexibility index (Phi) is 1.71. The predicted octanol–water partition coefficient (Wildman–Crippen LogP) is 1.25. The van der Waals surface area contributed by atoms with Crippen LogP contribution in [0.15, 0.2) is 0 Å². The van der Waals surface area contributed by atoms with Gasteiger partial charge in [-0.15, -0.1) is 5.10 Å². The van der Waals surface area contributed by atoms with E-state index in [0.717, 1.165) is 18.5 Å². The van der Waals surface area contributed by atoms with Crippen LogP contribution in [0.4, 0.5) is 5.82 Å². The molecule has 0 saturated carbocycles. The minimum Gasteiger partial charge on any atom is -0.382 e. The van der Waals surface area contributed by atoms with Crippen molar-refractivity contribution in [3.05, 3.63) is 16.8 Å². The van der Waals surface area contributed by atoms with Gasteiger partial charge in [-0.2, -0.15) is 5.10 Å². The highest BCUT2D eigenvalue weighted by Gasteiger charge is 2.15. The molecular weight excluding hydrogens is 150 g/mol. The quantitative estimate of drug-likeness (QED) is 0.626. The molecular formula is C9H13N3. The molecule has 0 spiro atoms. The van der Waals surface area contributed by atoms with E-state index in [1.807, 2.05) is 6.92 Å². The first kappa shape index (κ1) is 7.53. The number of aryl methyl sites for hydroxylation is 1. The number of nitrogens with two attached hydrogens (primary N) is 1. The molecule has 2 N–H and O–H groups in total. The fraction of sp³-hybridized carbons (Fsp3) is 0.556. The molecule has 1 aliphatic carbocycles. The SMILES string of the molecule is Cc1nnc(N)c2c1CCCC2. The van der Waals surface area contributed by atoms with Crippen LogP contribution in [0.5, 0.6) is 0 Å². The Morgan fingerprint density at radius 1 is 1.08 bits per heavy atom. The summed E-state index contributed by atoms with van der Waals surface area (Å²) >= 11 is 0. The first-order valence-electron chi connectivity index (χ1n) is 4.39. The average molecular weight is 163 g/mol. The Morgan fingerprint density at radius 2 is 1.75 bits per heavy atom. The largest absolute Gasteiger partial charge is 0.382 e. The topological polar surface area (TPSA) is 51.8 Å². The van der Waals surface area contributed by atoms with Gasteiger partial charge in [-0.25, -0.2) is 0 Å². The second-order valence-electron chi connectivity index (χ2n) is 3.33. The zero-order chi connectivity index (χ0) is 8.55. The van der Waals surface area contributed by atoms with Crippen molar-refractivity contribution in [2.45, 2.75) is 32.6 Å². The number of fused-ring (bicyclic) bond motifs is 1. The number of hydrogen-bond donors (Lipinski definition) is 1. The van der Waals surface area contributed by atoms with Gasteiger partial charge in [0, 0.05) is 5.56 Å². The molecule has 0 fully saturated rings. The summed E-state index contributed by atoms with van der Waals surface area (Å²) in [5, 5.41) is 7.94. The Morgan fingerprint density at radius 3 is 2.42 bits per heavy atom. The van der Waals surface area contributed by atoms with E-state index in [1.54, 1.807) is 0 Å². The van der Waals surface area contributed by atoms with Gasteiger partial charge in [-0.1, -0.05) is 0 Å². The summed E-state index contributed by atoms with van der Waals surface area (Å²) in [4.78, 5) is 0. The van der Waals surface area contributed by atoms with Crippen LogP contribution in [0.25, 0.3) is 0 Å². The van der Waals surface area contributed by atoms with E-state index >= 15 is 0 Å². The Balaban J connectivity index is 2.57. The van der Waals surface area contributed by atoms with Crippen molar-refractivity contribution in [1.29, 1.82) is 0 Å². The maximum absolute atomic E-state index is 5.74. The summed E-state index contributed by atoms with van der Waals surface area (Å²) in [6.07, 6.45) is 4.71. The van der Waals surface area contributed by atoms with Gasteiger partial charge in [-0.3, -0.25) is 0 Å². The summed E-state index contributed by atoms with van der Waals surface area (Å²) < 4.78 is 0. The Bertz CT molecular complexity index is 276. The second-order valence-corrected chi connectivity index (χ2v) is 3.33. The van der Waals surface area contributed by atoms with Crippen LogP contribution < -0.4 is 5.73 Å². The molecule has 0 radical (unpaired) electrons. The zero-order valence-corrected chi connectivity index (χ0v) is 7.30. The lowest BCUT2D eigenvalue weighted by Gasteiger charge is -2.17. The van der Waals surface area contributed by atoms with Crippen LogP contribution in [0.1, 0.15) is 29.7 Å². The van der Waals surface area contributed by atoms with Gasteiger partial charge < -0.3 is 5.73 Å². The predicted molar refractivity (Wildman–Crippen MR) is 47.8 cm³/mol. The van der Waals surface area contributed by atoms with Crippen molar-refractivity contribution < 1.29 is 0 Å². The molecule has 0 saturated heterocycles. The first-order valence-corrected chi connectivity index (χ1v) is 4.39. The molecule has 0 unspecified atom stereocenters. The monoisotopic (exact) mass is 163 g/mol. The van der Waals surface area contributed by atoms with Crippen LogP contribution >= 0.6 is 0 Å². The van der Waals surface area contributed by atoms with Crippen LogP contribution in [0.2, 0.25) is 0 Å². The molecule has 64 valence electrons. The maximum atomic E-state index is 5.74. The molecule has 1 aromatic heterocycles. The van der Waals surface area contributed by atoms with E-state index in [9.17, 15) is 0 Å². The van der Waals surface area contributed by atoms with Gasteiger partial charge in [0.15, 0.2) is 0 Å². The first-order chi connectivity index (χ1) is 5.79. The molecule has 0 aliphatic heterocycles. The van der Waals surface area contributed by atoms with Gasteiger partial charge in [-0.05, 0) is 38.2 Å².